The summed E-state index contributed by atoms with van der Waals surface area (Å²) in [6.07, 6.45) is 6.59. The van der Waals surface area contributed by atoms with E-state index in [4.69, 9.17) is 0 Å². The van der Waals surface area contributed by atoms with Gasteiger partial charge >= 0.3 is 0 Å². The smallest absolute Gasteiger partial charge is 0.243 e. The summed E-state index contributed by atoms with van der Waals surface area (Å²) in [4.78, 5) is 8.34. The Morgan fingerprint density at radius 3 is 2.59 bits per heavy atom. The quantitative estimate of drug-likeness (QED) is 0.742. The fraction of sp³-hybridized carbons (Fsp3) is 0.125. The first-order chi connectivity index (χ1) is 10.6. The van der Waals surface area contributed by atoms with Gasteiger partial charge in [0.15, 0.2) is 0 Å². The number of hydrogen-bond acceptors (Lipinski definition) is 4. The van der Waals surface area contributed by atoms with Gasteiger partial charge in [0.2, 0.25) is 10.0 Å². The Bertz CT molecular complexity index is 890. The number of nitrogens with zero attached hydrogens (tertiary/aromatic N) is 3. The largest absolute Gasteiger partial charge is 0.264 e. The minimum Gasteiger partial charge on any atom is -0.264 e. The molecule has 2 aromatic heterocycles. The van der Waals surface area contributed by atoms with Crippen molar-refractivity contribution in [2.45, 2.75) is 11.4 Å². The molecular weight excluding hydrogens is 298 g/mol. The summed E-state index contributed by atoms with van der Waals surface area (Å²) in [7, 11) is -2.01. The lowest BCUT2D eigenvalue weighted by Gasteiger charge is -2.18. The highest BCUT2D eigenvalue weighted by Crippen LogP contribution is 2.25. The molecule has 0 bridgehead atoms. The van der Waals surface area contributed by atoms with Crippen molar-refractivity contribution in [1.82, 2.24) is 14.3 Å². The average Bonchev–Trinajstić information content (AvgIpc) is 2.55. The molecule has 0 spiro atoms. The van der Waals surface area contributed by atoms with Crippen molar-refractivity contribution in [1.29, 1.82) is 0 Å². The molecule has 0 fully saturated rings. The zero-order chi connectivity index (χ0) is 15.6. The van der Waals surface area contributed by atoms with Gasteiger partial charge in [-0.2, -0.15) is 4.31 Å². The van der Waals surface area contributed by atoms with E-state index in [1.54, 1.807) is 56.1 Å². The average molecular weight is 313 g/mol. The second-order valence-electron chi connectivity index (χ2n) is 4.98. The summed E-state index contributed by atoms with van der Waals surface area (Å²) in [5.74, 6) is 0. The first kappa shape index (κ1) is 14.6. The molecule has 0 atom stereocenters. The highest BCUT2D eigenvalue weighted by molar-refractivity contribution is 7.89. The van der Waals surface area contributed by atoms with Gasteiger partial charge in [-0.3, -0.25) is 9.97 Å². The summed E-state index contributed by atoms with van der Waals surface area (Å²) in [5.41, 5.74) is 0.843. The van der Waals surface area contributed by atoms with Crippen molar-refractivity contribution in [3.8, 4) is 0 Å². The summed E-state index contributed by atoms with van der Waals surface area (Å²) in [6, 6.07) is 10.6. The van der Waals surface area contributed by atoms with E-state index >= 15 is 0 Å². The fourth-order valence-corrected chi connectivity index (χ4v) is 3.69. The molecule has 0 unspecified atom stereocenters. The summed E-state index contributed by atoms with van der Waals surface area (Å²) >= 11 is 0. The first-order valence-corrected chi connectivity index (χ1v) is 8.21. The minimum absolute atomic E-state index is 0.275. The molecule has 1 aromatic carbocycles. The number of aromatic nitrogens is 2. The molecular formula is C16H15N3O2S. The third kappa shape index (κ3) is 2.70. The molecule has 0 aliphatic carbocycles. The minimum atomic E-state index is -3.59. The number of fused-ring (bicyclic) bond motifs is 1. The van der Waals surface area contributed by atoms with Crippen molar-refractivity contribution >= 4 is 20.8 Å². The molecule has 3 rings (SSSR count). The summed E-state index contributed by atoms with van der Waals surface area (Å²) < 4.78 is 27.0. The van der Waals surface area contributed by atoms with Crippen LogP contribution in [0.25, 0.3) is 10.8 Å². The van der Waals surface area contributed by atoms with Gasteiger partial charge in [0.05, 0.1) is 4.90 Å². The highest BCUT2D eigenvalue weighted by atomic mass is 32.2. The van der Waals surface area contributed by atoms with Gasteiger partial charge < -0.3 is 0 Å². The van der Waals surface area contributed by atoms with Gasteiger partial charge in [0, 0.05) is 49.2 Å². The molecule has 0 N–H and O–H groups in total. The number of rotatable bonds is 4. The van der Waals surface area contributed by atoms with Crippen LogP contribution < -0.4 is 0 Å². The molecule has 0 saturated heterocycles. The van der Waals surface area contributed by atoms with Crippen LogP contribution in [0.1, 0.15) is 5.56 Å². The zero-order valence-corrected chi connectivity index (χ0v) is 12.9. The highest BCUT2D eigenvalue weighted by Gasteiger charge is 2.23. The lowest BCUT2D eigenvalue weighted by molar-refractivity contribution is 0.467. The zero-order valence-electron chi connectivity index (χ0n) is 12.0. The van der Waals surface area contributed by atoms with Crippen LogP contribution in [0.4, 0.5) is 0 Å². The van der Waals surface area contributed by atoms with Gasteiger partial charge in [-0.15, -0.1) is 0 Å². The maximum Gasteiger partial charge on any atom is 0.243 e. The second-order valence-corrected chi connectivity index (χ2v) is 6.99. The number of hydrogen-bond donors (Lipinski definition) is 0. The van der Waals surface area contributed by atoms with Crippen LogP contribution in [-0.4, -0.2) is 29.7 Å². The maximum atomic E-state index is 12.8. The predicted molar refractivity (Wildman–Crippen MR) is 84.6 cm³/mol. The van der Waals surface area contributed by atoms with E-state index in [1.165, 1.54) is 4.31 Å². The Morgan fingerprint density at radius 1 is 1.00 bits per heavy atom. The molecule has 0 saturated carbocycles. The van der Waals surface area contributed by atoms with E-state index in [-0.39, 0.29) is 6.54 Å². The van der Waals surface area contributed by atoms with Crippen LogP contribution >= 0.6 is 0 Å². The van der Waals surface area contributed by atoms with Gasteiger partial charge in [0.1, 0.15) is 0 Å². The lowest BCUT2D eigenvalue weighted by Crippen LogP contribution is -2.26. The van der Waals surface area contributed by atoms with Gasteiger partial charge in [-0.1, -0.05) is 18.2 Å². The summed E-state index contributed by atoms with van der Waals surface area (Å²) in [5, 5.41) is 1.48. The predicted octanol–water partition coefficient (Wildman–Crippen LogP) is 2.45. The van der Waals surface area contributed by atoms with Gasteiger partial charge in [-0.05, 0) is 23.8 Å². The molecule has 0 amide bonds. The van der Waals surface area contributed by atoms with Crippen molar-refractivity contribution in [3.63, 3.8) is 0 Å². The molecule has 112 valence electrons. The van der Waals surface area contributed by atoms with E-state index in [0.717, 1.165) is 10.9 Å². The van der Waals surface area contributed by atoms with Crippen LogP contribution in [0.2, 0.25) is 0 Å². The molecule has 5 nitrogen and oxygen atoms in total. The lowest BCUT2D eigenvalue weighted by atomic mass is 10.2. The monoisotopic (exact) mass is 313 g/mol. The molecule has 0 radical (unpaired) electrons. The van der Waals surface area contributed by atoms with Crippen LogP contribution in [0.3, 0.4) is 0 Å². The van der Waals surface area contributed by atoms with Crippen molar-refractivity contribution in [2.24, 2.45) is 0 Å². The topological polar surface area (TPSA) is 63.2 Å². The number of pyridine rings is 2. The van der Waals surface area contributed by atoms with Crippen LogP contribution in [0.5, 0.6) is 0 Å². The van der Waals surface area contributed by atoms with E-state index in [1.807, 2.05) is 12.1 Å². The second kappa shape index (κ2) is 5.82. The Labute approximate surface area is 129 Å². The van der Waals surface area contributed by atoms with E-state index < -0.39 is 10.0 Å². The Kier molecular flexibility index (Phi) is 3.87. The Morgan fingerprint density at radius 2 is 1.82 bits per heavy atom. The van der Waals surface area contributed by atoms with Crippen LogP contribution in [-0.2, 0) is 16.6 Å². The normalized spacial score (nSPS) is 11.9. The number of sulfonamides is 1. The van der Waals surface area contributed by atoms with Crippen LogP contribution in [0, 0.1) is 0 Å². The summed E-state index contributed by atoms with van der Waals surface area (Å²) in [6.45, 7) is 0.275. The molecule has 0 aliphatic rings. The van der Waals surface area contributed by atoms with Gasteiger partial charge in [0.25, 0.3) is 0 Å². The molecule has 2 heterocycles. The van der Waals surface area contributed by atoms with Crippen LogP contribution in [0.15, 0.2) is 66.1 Å². The van der Waals surface area contributed by atoms with Crippen molar-refractivity contribution < 1.29 is 8.42 Å². The van der Waals surface area contributed by atoms with Gasteiger partial charge in [-0.25, -0.2) is 8.42 Å². The third-order valence-corrected chi connectivity index (χ3v) is 5.32. The third-order valence-electron chi connectivity index (χ3n) is 3.46. The fourth-order valence-electron chi connectivity index (χ4n) is 2.32. The SMILES string of the molecule is CN(Cc1cccnc1)S(=O)(=O)c1cccc2cnccc12. The van der Waals surface area contributed by atoms with Crippen molar-refractivity contribution in [2.75, 3.05) is 7.05 Å². The first-order valence-electron chi connectivity index (χ1n) is 6.77. The van der Waals surface area contributed by atoms with E-state index in [9.17, 15) is 8.42 Å². The van der Waals surface area contributed by atoms with Crippen molar-refractivity contribution in [3.05, 3.63) is 66.7 Å². The molecule has 22 heavy (non-hydrogen) atoms. The molecule has 3 aromatic rings. The Balaban J connectivity index is 2.01. The van der Waals surface area contributed by atoms with E-state index in [2.05, 4.69) is 9.97 Å². The van der Waals surface area contributed by atoms with E-state index in [0.29, 0.717) is 10.3 Å². The standard InChI is InChI=1S/C16H15N3O2S/c1-19(12-13-4-3-8-17-10-13)22(20,21)16-6-2-5-14-11-18-9-7-15(14)16/h2-11H,12H2,1H3. The Hall–Kier alpha value is -2.31. The molecule has 0 aliphatic heterocycles. The molecule has 6 heteroatoms. The number of benzene rings is 1. The maximum absolute atomic E-state index is 12.8.